The molecule has 1 aliphatic rings. The Balaban J connectivity index is 1.79. The number of nitrogens with one attached hydrogen (secondary N) is 1. The lowest BCUT2D eigenvalue weighted by Gasteiger charge is -2.37. The van der Waals surface area contributed by atoms with Crippen molar-refractivity contribution in [3.05, 3.63) is 35.9 Å². The van der Waals surface area contributed by atoms with E-state index in [0.717, 1.165) is 44.3 Å². The molecule has 2 rings (SSSR count). The van der Waals surface area contributed by atoms with Crippen molar-refractivity contribution in [2.75, 3.05) is 13.1 Å². The fraction of sp³-hybridized carbons (Fsp3) is 0.579. The zero-order valence-corrected chi connectivity index (χ0v) is 14.9. The van der Waals surface area contributed by atoms with Gasteiger partial charge in [-0.05, 0) is 50.5 Å². The van der Waals surface area contributed by atoms with Gasteiger partial charge in [0, 0.05) is 19.5 Å². The van der Waals surface area contributed by atoms with Crippen LogP contribution in [0.4, 0.5) is 0 Å². The van der Waals surface area contributed by atoms with Crippen molar-refractivity contribution < 1.29 is 14.8 Å². The topological polar surface area (TPSA) is 95.7 Å². The molecule has 0 aliphatic carbocycles. The second-order valence-electron chi connectivity index (χ2n) is 7.24. The lowest BCUT2D eigenvalue weighted by molar-refractivity contribution is -0.137. The summed E-state index contributed by atoms with van der Waals surface area (Å²) in [5.74, 6) is 0.190. The number of carbonyl (C=O) groups is 2. The molecule has 6 heteroatoms. The third kappa shape index (κ3) is 5.83. The molecule has 2 amide bonds. The number of nitrogens with zero attached hydrogens (tertiary/aromatic N) is 1. The number of likely N-dealkylation sites (tertiary alicyclic amines) is 1. The van der Waals surface area contributed by atoms with Gasteiger partial charge < -0.3 is 10.6 Å². The van der Waals surface area contributed by atoms with Gasteiger partial charge in [0.2, 0.25) is 11.8 Å². The quantitative estimate of drug-likeness (QED) is 0.518. The Hall–Kier alpha value is -1.92. The van der Waals surface area contributed by atoms with Crippen LogP contribution in [0.25, 0.3) is 0 Å². The summed E-state index contributed by atoms with van der Waals surface area (Å²) < 4.78 is 0. The molecule has 1 aromatic carbocycles. The van der Waals surface area contributed by atoms with Gasteiger partial charge in [-0.3, -0.25) is 14.8 Å². The van der Waals surface area contributed by atoms with Crippen LogP contribution in [-0.4, -0.2) is 40.5 Å². The smallest absolute Gasteiger partial charge is 0.243 e. The van der Waals surface area contributed by atoms with Crippen LogP contribution in [0, 0.1) is 5.92 Å². The first-order valence-corrected chi connectivity index (χ1v) is 8.97. The minimum absolute atomic E-state index is 0.00876. The Kier molecular flexibility index (Phi) is 6.96. The summed E-state index contributed by atoms with van der Waals surface area (Å²) >= 11 is 0. The van der Waals surface area contributed by atoms with E-state index in [1.807, 2.05) is 42.2 Å². The third-order valence-corrected chi connectivity index (χ3v) is 4.95. The number of hydrogen-bond donors (Lipinski definition) is 3. The number of amides is 2. The van der Waals surface area contributed by atoms with Crippen molar-refractivity contribution >= 4 is 11.8 Å². The summed E-state index contributed by atoms with van der Waals surface area (Å²) in [6.07, 6.45) is 4.45. The zero-order valence-electron chi connectivity index (χ0n) is 14.9. The van der Waals surface area contributed by atoms with Gasteiger partial charge in [0.1, 0.15) is 0 Å². The van der Waals surface area contributed by atoms with Crippen molar-refractivity contribution in [3.8, 4) is 0 Å². The molecular weight excluding hydrogens is 318 g/mol. The van der Waals surface area contributed by atoms with Gasteiger partial charge in [-0.1, -0.05) is 30.3 Å². The van der Waals surface area contributed by atoms with E-state index in [1.54, 1.807) is 5.48 Å². The predicted octanol–water partition coefficient (Wildman–Crippen LogP) is 1.86. The standard InChI is InChI=1S/C19H29N3O3/c1-19(20,14-16-6-3-2-4-7-16)18(24)22-12-10-15(11-13-22)8-5-9-17(23)21-25/h2-4,6-7,15,25H,5,8-14,20H2,1H3,(H,21,23)/t19-/m1/s1. The van der Waals surface area contributed by atoms with Gasteiger partial charge >= 0.3 is 0 Å². The van der Waals surface area contributed by atoms with Crippen LogP contribution >= 0.6 is 0 Å². The van der Waals surface area contributed by atoms with Gasteiger partial charge in [0.05, 0.1) is 5.54 Å². The minimum atomic E-state index is -0.895. The van der Waals surface area contributed by atoms with Gasteiger partial charge in [0.25, 0.3) is 0 Å². The molecule has 0 bridgehead atoms. The number of rotatable bonds is 7. The Morgan fingerprint density at radius 1 is 1.28 bits per heavy atom. The van der Waals surface area contributed by atoms with Crippen molar-refractivity contribution in [2.45, 2.75) is 51.0 Å². The number of nitrogens with two attached hydrogens (primary N) is 1. The number of carbonyl (C=O) groups excluding carboxylic acids is 2. The monoisotopic (exact) mass is 347 g/mol. The highest BCUT2D eigenvalue weighted by atomic mass is 16.5. The number of benzene rings is 1. The molecule has 1 heterocycles. The van der Waals surface area contributed by atoms with Gasteiger partial charge in [-0.25, -0.2) is 5.48 Å². The maximum Gasteiger partial charge on any atom is 0.243 e. The van der Waals surface area contributed by atoms with Gasteiger partial charge in [-0.2, -0.15) is 0 Å². The van der Waals surface area contributed by atoms with E-state index in [9.17, 15) is 9.59 Å². The number of hydroxylamine groups is 1. The summed E-state index contributed by atoms with van der Waals surface area (Å²) in [7, 11) is 0. The third-order valence-electron chi connectivity index (χ3n) is 4.95. The second-order valence-corrected chi connectivity index (χ2v) is 7.24. The van der Waals surface area contributed by atoms with Gasteiger partial charge in [0.15, 0.2) is 0 Å². The molecule has 4 N–H and O–H groups in total. The predicted molar refractivity (Wildman–Crippen MR) is 95.8 cm³/mol. The number of hydrogen-bond acceptors (Lipinski definition) is 4. The van der Waals surface area contributed by atoms with E-state index >= 15 is 0 Å². The molecule has 0 spiro atoms. The molecule has 6 nitrogen and oxygen atoms in total. The highest BCUT2D eigenvalue weighted by Gasteiger charge is 2.34. The molecule has 0 saturated carbocycles. The number of piperidine rings is 1. The van der Waals surface area contributed by atoms with E-state index in [0.29, 0.717) is 18.8 Å². The molecule has 0 radical (unpaired) electrons. The maximum atomic E-state index is 12.8. The van der Waals surface area contributed by atoms with Crippen molar-refractivity contribution in [2.24, 2.45) is 11.7 Å². The second kappa shape index (κ2) is 8.97. The summed E-state index contributed by atoms with van der Waals surface area (Å²) in [6.45, 7) is 3.25. The molecule has 138 valence electrons. The Bertz CT molecular complexity index is 567. The summed E-state index contributed by atoms with van der Waals surface area (Å²) in [6, 6.07) is 9.85. The molecule has 1 aliphatic heterocycles. The van der Waals surface area contributed by atoms with E-state index in [-0.39, 0.29) is 11.8 Å². The van der Waals surface area contributed by atoms with E-state index < -0.39 is 5.54 Å². The Morgan fingerprint density at radius 3 is 2.52 bits per heavy atom. The average Bonchev–Trinajstić information content (AvgIpc) is 2.62. The fourth-order valence-corrected chi connectivity index (χ4v) is 3.49. The van der Waals surface area contributed by atoms with Crippen molar-refractivity contribution in [1.29, 1.82) is 0 Å². The minimum Gasteiger partial charge on any atom is -0.341 e. The molecule has 0 unspecified atom stereocenters. The van der Waals surface area contributed by atoms with Gasteiger partial charge in [-0.15, -0.1) is 0 Å². The first-order valence-electron chi connectivity index (χ1n) is 8.97. The fourth-order valence-electron chi connectivity index (χ4n) is 3.49. The first kappa shape index (κ1) is 19.4. The summed E-state index contributed by atoms with van der Waals surface area (Å²) in [5, 5.41) is 8.49. The van der Waals surface area contributed by atoms with Crippen LogP contribution < -0.4 is 11.2 Å². The van der Waals surface area contributed by atoms with E-state index in [4.69, 9.17) is 10.9 Å². The van der Waals surface area contributed by atoms with Crippen LogP contribution in [0.15, 0.2) is 30.3 Å². The Labute approximate surface area is 149 Å². The molecule has 1 saturated heterocycles. The molecule has 0 aromatic heterocycles. The van der Waals surface area contributed by atoms with Crippen molar-refractivity contribution in [1.82, 2.24) is 10.4 Å². The molecule has 1 atom stereocenters. The van der Waals surface area contributed by atoms with E-state index in [2.05, 4.69) is 0 Å². The molecular formula is C19H29N3O3. The average molecular weight is 347 g/mol. The van der Waals surface area contributed by atoms with Crippen molar-refractivity contribution in [3.63, 3.8) is 0 Å². The summed E-state index contributed by atoms with van der Waals surface area (Å²) in [5.41, 5.74) is 8.15. The highest BCUT2D eigenvalue weighted by molar-refractivity contribution is 5.86. The highest BCUT2D eigenvalue weighted by Crippen LogP contribution is 2.24. The molecule has 1 fully saturated rings. The summed E-state index contributed by atoms with van der Waals surface area (Å²) in [4.78, 5) is 25.7. The first-order chi connectivity index (χ1) is 11.9. The van der Waals surface area contributed by atoms with Crippen LogP contribution in [0.1, 0.15) is 44.6 Å². The normalized spacial score (nSPS) is 17.8. The Morgan fingerprint density at radius 2 is 1.92 bits per heavy atom. The molecule has 1 aromatic rings. The van der Waals surface area contributed by atoms with Crippen LogP contribution in [0.5, 0.6) is 0 Å². The largest absolute Gasteiger partial charge is 0.341 e. The SMILES string of the molecule is C[C@@](N)(Cc1ccccc1)C(=O)N1CCC(CCCC(=O)NO)CC1. The van der Waals surface area contributed by atoms with E-state index in [1.165, 1.54) is 0 Å². The zero-order chi connectivity index (χ0) is 18.3. The van der Waals surface area contributed by atoms with Crippen LogP contribution in [0.3, 0.4) is 0 Å². The molecule has 25 heavy (non-hydrogen) atoms. The maximum absolute atomic E-state index is 12.8. The lowest BCUT2D eigenvalue weighted by atomic mass is 9.88. The van der Waals surface area contributed by atoms with Crippen LogP contribution in [0.2, 0.25) is 0 Å². The van der Waals surface area contributed by atoms with Crippen LogP contribution in [-0.2, 0) is 16.0 Å². The lowest BCUT2D eigenvalue weighted by Crippen LogP contribution is -2.56.